The Bertz CT molecular complexity index is 1010. The maximum absolute atomic E-state index is 14.0. The standard InChI is InChI=1S/C19H16BrClFN3O3/c1-27-11-6-7-12(17(8-11)28-2)19(26)23-18-14(20)10-25(24-18)9-13-15(21)4-3-5-16(13)22/h3-8,10H,9H2,1-2H3,(H,23,24,26). The van der Waals surface area contributed by atoms with Gasteiger partial charge in [0.2, 0.25) is 0 Å². The van der Waals surface area contributed by atoms with Crippen LogP contribution in [0, 0.1) is 5.82 Å². The fraction of sp³-hybridized carbons (Fsp3) is 0.158. The molecule has 3 aromatic rings. The van der Waals surface area contributed by atoms with Crippen molar-refractivity contribution in [2.45, 2.75) is 6.54 Å². The molecule has 1 N–H and O–H groups in total. The van der Waals surface area contributed by atoms with E-state index in [0.29, 0.717) is 32.1 Å². The molecule has 146 valence electrons. The van der Waals surface area contributed by atoms with Crippen molar-refractivity contribution in [3.8, 4) is 11.5 Å². The summed E-state index contributed by atoms with van der Waals surface area (Å²) in [6.07, 6.45) is 1.63. The molecule has 0 aliphatic carbocycles. The highest BCUT2D eigenvalue weighted by Gasteiger charge is 2.17. The lowest BCUT2D eigenvalue weighted by atomic mass is 10.1. The van der Waals surface area contributed by atoms with Gasteiger partial charge in [-0.15, -0.1) is 0 Å². The van der Waals surface area contributed by atoms with Gasteiger partial charge in [-0.2, -0.15) is 5.10 Å². The van der Waals surface area contributed by atoms with Crippen LogP contribution in [0.2, 0.25) is 5.02 Å². The van der Waals surface area contributed by atoms with Crippen molar-refractivity contribution in [2.24, 2.45) is 0 Å². The van der Waals surface area contributed by atoms with Crippen molar-refractivity contribution in [3.63, 3.8) is 0 Å². The molecule has 2 aromatic carbocycles. The number of aromatic nitrogens is 2. The molecule has 3 rings (SSSR count). The number of hydrogen-bond acceptors (Lipinski definition) is 4. The fourth-order valence-corrected chi connectivity index (χ4v) is 3.21. The number of methoxy groups -OCH3 is 2. The average Bonchev–Trinajstić information content (AvgIpc) is 3.03. The highest BCUT2D eigenvalue weighted by Crippen LogP contribution is 2.27. The Labute approximate surface area is 174 Å². The number of amides is 1. The molecule has 1 aromatic heterocycles. The normalized spacial score (nSPS) is 10.6. The van der Waals surface area contributed by atoms with Gasteiger partial charge in [-0.05, 0) is 40.2 Å². The molecule has 6 nitrogen and oxygen atoms in total. The van der Waals surface area contributed by atoms with Gasteiger partial charge in [0.05, 0.1) is 30.8 Å². The summed E-state index contributed by atoms with van der Waals surface area (Å²) >= 11 is 9.41. The number of anilines is 1. The minimum absolute atomic E-state index is 0.117. The summed E-state index contributed by atoms with van der Waals surface area (Å²) in [6.45, 7) is 0.117. The number of carbonyl (C=O) groups is 1. The zero-order chi connectivity index (χ0) is 20.3. The van der Waals surface area contributed by atoms with E-state index in [0.717, 1.165) is 0 Å². The summed E-state index contributed by atoms with van der Waals surface area (Å²) in [6, 6.07) is 9.34. The fourth-order valence-electron chi connectivity index (χ4n) is 2.57. The van der Waals surface area contributed by atoms with Crippen molar-refractivity contribution in [1.29, 1.82) is 0 Å². The Morgan fingerprint density at radius 3 is 2.75 bits per heavy atom. The Morgan fingerprint density at radius 1 is 1.29 bits per heavy atom. The zero-order valence-corrected chi connectivity index (χ0v) is 17.3. The zero-order valence-electron chi connectivity index (χ0n) is 15.0. The van der Waals surface area contributed by atoms with Gasteiger partial charge >= 0.3 is 0 Å². The third-order valence-corrected chi connectivity index (χ3v) is 4.92. The predicted molar refractivity (Wildman–Crippen MR) is 108 cm³/mol. The molecular weight excluding hydrogens is 453 g/mol. The van der Waals surface area contributed by atoms with Crippen LogP contribution in [-0.2, 0) is 6.54 Å². The minimum Gasteiger partial charge on any atom is -0.497 e. The second-order valence-electron chi connectivity index (χ2n) is 5.74. The monoisotopic (exact) mass is 467 g/mol. The number of ether oxygens (including phenoxy) is 2. The van der Waals surface area contributed by atoms with Crippen molar-refractivity contribution in [2.75, 3.05) is 19.5 Å². The second-order valence-corrected chi connectivity index (χ2v) is 7.01. The molecule has 0 unspecified atom stereocenters. The highest BCUT2D eigenvalue weighted by molar-refractivity contribution is 9.10. The van der Waals surface area contributed by atoms with Crippen LogP contribution < -0.4 is 14.8 Å². The first-order chi connectivity index (χ1) is 13.4. The summed E-state index contributed by atoms with van der Waals surface area (Å²) in [5, 5.41) is 7.30. The van der Waals surface area contributed by atoms with Gasteiger partial charge in [-0.1, -0.05) is 17.7 Å². The number of carbonyl (C=O) groups excluding carboxylic acids is 1. The van der Waals surface area contributed by atoms with E-state index >= 15 is 0 Å². The average molecular weight is 469 g/mol. The van der Waals surface area contributed by atoms with E-state index in [1.807, 2.05) is 0 Å². The summed E-state index contributed by atoms with van der Waals surface area (Å²) in [4.78, 5) is 12.6. The van der Waals surface area contributed by atoms with E-state index in [9.17, 15) is 9.18 Å². The van der Waals surface area contributed by atoms with Crippen LogP contribution in [0.4, 0.5) is 10.2 Å². The molecule has 0 spiro atoms. The van der Waals surface area contributed by atoms with Crippen LogP contribution in [0.25, 0.3) is 0 Å². The Kier molecular flexibility index (Phi) is 6.21. The van der Waals surface area contributed by atoms with Gasteiger partial charge in [0, 0.05) is 22.8 Å². The smallest absolute Gasteiger partial charge is 0.260 e. The minimum atomic E-state index is -0.423. The number of rotatable bonds is 6. The molecule has 9 heteroatoms. The lowest BCUT2D eigenvalue weighted by Crippen LogP contribution is -2.14. The number of benzene rings is 2. The summed E-state index contributed by atoms with van der Waals surface area (Å²) in [5.41, 5.74) is 0.635. The molecule has 0 fully saturated rings. The van der Waals surface area contributed by atoms with E-state index in [-0.39, 0.29) is 12.4 Å². The topological polar surface area (TPSA) is 65.4 Å². The molecule has 0 saturated carbocycles. The van der Waals surface area contributed by atoms with Crippen molar-refractivity contribution < 1.29 is 18.7 Å². The van der Waals surface area contributed by atoms with Crippen LogP contribution in [0.5, 0.6) is 11.5 Å². The molecule has 0 saturated heterocycles. The number of nitrogens with one attached hydrogen (secondary N) is 1. The summed E-state index contributed by atoms with van der Waals surface area (Å²) in [7, 11) is 2.99. The number of hydrogen-bond donors (Lipinski definition) is 1. The number of halogens is 3. The Balaban J connectivity index is 1.81. The molecule has 0 bridgehead atoms. The van der Waals surface area contributed by atoms with Crippen LogP contribution in [0.3, 0.4) is 0 Å². The van der Waals surface area contributed by atoms with Gasteiger partial charge in [0.15, 0.2) is 5.82 Å². The summed E-state index contributed by atoms with van der Waals surface area (Å²) in [5.74, 6) is 0.392. The quantitative estimate of drug-likeness (QED) is 0.567. The van der Waals surface area contributed by atoms with Crippen molar-refractivity contribution in [1.82, 2.24) is 9.78 Å². The molecule has 1 amide bonds. The maximum atomic E-state index is 14.0. The lowest BCUT2D eigenvalue weighted by molar-refractivity contribution is 0.102. The third kappa shape index (κ3) is 4.28. The number of nitrogens with zero attached hydrogens (tertiary/aromatic N) is 2. The van der Waals surface area contributed by atoms with E-state index in [4.69, 9.17) is 21.1 Å². The first-order valence-electron chi connectivity index (χ1n) is 8.12. The van der Waals surface area contributed by atoms with E-state index in [2.05, 4.69) is 26.3 Å². The summed E-state index contributed by atoms with van der Waals surface area (Å²) < 4.78 is 26.4. The molecule has 0 atom stereocenters. The molecule has 0 aliphatic heterocycles. The molecule has 1 heterocycles. The molecule has 28 heavy (non-hydrogen) atoms. The van der Waals surface area contributed by atoms with E-state index in [1.165, 1.54) is 31.0 Å². The van der Waals surface area contributed by atoms with E-state index in [1.54, 1.807) is 30.5 Å². The van der Waals surface area contributed by atoms with Gasteiger partial charge in [0.1, 0.15) is 17.3 Å². The van der Waals surface area contributed by atoms with Crippen LogP contribution in [0.15, 0.2) is 47.1 Å². The van der Waals surface area contributed by atoms with Crippen LogP contribution >= 0.6 is 27.5 Å². The molecular formula is C19H16BrClFN3O3. The maximum Gasteiger partial charge on any atom is 0.260 e. The second kappa shape index (κ2) is 8.62. The third-order valence-electron chi connectivity index (χ3n) is 3.98. The first kappa shape index (κ1) is 20.2. The van der Waals surface area contributed by atoms with Crippen molar-refractivity contribution in [3.05, 3.63) is 69.0 Å². The first-order valence-corrected chi connectivity index (χ1v) is 9.29. The largest absolute Gasteiger partial charge is 0.497 e. The predicted octanol–water partition coefficient (Wildman–Crippen LogP) is 4.76. The van der Waals surface area contributed by atoms with Gasteiger partial charge in [0.25, 0.3) is 5.91 Å². The van der Waals surface area contributed by atoms with Gasteiger partial charge in [-0.3, -0.25) is 9.48 Å². The van der Waals surface area contributed by atoms with Gasteiger partial charge in [-0.25, -0.2) is 4.39 Å². The van der Waals surface area contributed by atoms with Crippen LogP contribution in [0.1, 0.15) is 15.9 Å². The Morgan fingerprint density at radius 2 is 2.07 bits per heavy atom. The SMILES string of the molecule is COc1ccc(C(=O)Nc2nn(Cc3c(F)cccc3Cl)cc2Br)c(OC)c1. The Hall–Kier alpha value is -2.58. The molecule has 0 radical (unpaired) electrons. The lowest BCUT2D eigenvalue weighted by Gasteiger charge is -2.10. The van der Waals surface area contributed by atoms with Gasteiger partial charge < -0.3 is 14.8 Å². The van der Waals surface area contributed by atoms with Crippen LogP contribution in [-0.4, -0.2) is 29.9 Å². The molecule has 0 aliphatic rings. The van der Waals surface area contributed by atoms with E-state index < -0.39 is 11.7 Å². The highest BCUT2D eigenvalue weighted by atomic mass is 79.9. The van der Waals surface area contributed by atoms with Crippen molar-refractivity contribution >= 4 is 39.3 Å².